The van der Waals surface area contributed by atoms with Crippen LogP contribution >= 0.6 is 34.4 Å². The molecule has 5 heteroatoms. The maximum atomic E-state index is 5.17. The van der Waals surface area contributed by atoms with E-state index in [1.165, 1.54) is 0 Å². The van der Waals surface area contributed by atoms with Gasteiger partial charge in [-0.25, -0.2) is 0 Å². The number of thioether (sulfide) groups is 1. The molecular formula is C9H6N2S3. The molecule has 2 rings (SSSR count). The molecule has 2 heterocycles. The van der Waals surface area contributed by atoms with Crippen molar-refractivity contribution in [2.45, 2.75) is 4.34 Å². The zero-order valence-electron chi connectivity index (χ0n) is 7.14. The molecule has 0 amide bonds. The summed E-state index contributed by atoms with van der Waals surface area (Å²) in [4.78, 5) is 1.16. The summed E-state index contributed by atoms with van der Waals surface area (Å²) in [5, 5.41) is 11.2. The zero-order chi connectivity index (χ0) is 9.80. The van der Waals surface area contributed by atoms with Crippen molar-refractivity contribution in [1.82, 2.24) is 10.2 Å². The fourth-order valence-corrected chi connectivity index (χ4v) is 3.20. The highest BCUT2D eigenvalue weighted by Gasteiger charge is 2.06. The number of aromatic nitrogens is 2. The van der Waals surface area contributed by atoms with E-state index in [2.05, 4.69) is 16.1 Å². The van der Waals surface area contributed by atoms with E-state index < -0.39 is 0 Å². The largest absolute Gasteiger partial charge is 0.175 e. The van der Waals surface area contributed by atoms with Gasteiger partial charge in [0.2, 0.25) is 0 Å². The molecule has 0 bridgehead atoms. The number of thiophene rings is 1. The molecule has 0 saturated heterocycles. The summed E-state index contributed by atoms with van der Waals surface area (Å²) >= 11 is 4.81. The van der Waals surface area contributed by atoms with Gasteiger partial charge in [-0.1, -0.05) is 35.1 Å². The third-order valence-corrected chi connectivity index (χ3v) is 4.42. The van der Waals surface area contributed by atoms with Crippen LogP contribution in [0.25, 0.3) is 9.88 Å². The fourth-order valence-electron chi connectivity index (χ4n) is 0.871. The molecule has 0 aliphatic heterocycles. The first-order chi connectivity index (χ1) is 6.90. The minimum Gasteiger partial charge on any atom is -0.141 e. The summed E-state index contributed by atoms with van der Waals surface area (Å²) in [6.45, 7) is 0. The van der Waals surface area contributed by atoms with Gasteiger partial charge in [-0.15, -0.1) is 28.0 Å². The second-order valence-corrected chi connectivity index (χ2v) is 5.49. The van der Waals surface area contributed by atoms with Crippen molar-refractivity contribution >= 4 is 34.4 Å². The van der Waals surface area contributed by atoms with E-state index in [9.17, 15) is 0 Å². The Morgan fingerprint density at radius 1 is 1.50 bits per heavy atom. The van der Waals surface area contributed by atoms with Crippen LogP contribution in [0.2, 0.25) is 0 Å². The Bertz CT molecular complexity index is 439. The molecule has 0 spiro atoms. The van der Waals surface area contributed by atoms with Gasteiger partial charge in [0.05, 0.1) is 10.6 Å². The van der Waals surface area contributed by atoms with Crippen molar-refractivity contribution in [3.05, 3.63) is 17.5 Å². The smallest absolute Gasteiger partial charge is 0.141 e. The second kappa shape index (κ2) is 4.60. The van der Waals surface area contributed by atoms with E-state index >= 15 is 0 Å². The van der Waals surface area contributed by atoms with Gasteiger partial charge in [-0.3, -0.25) is 0 Å². The quantitative estimate of drug-likeness (QED) is 0.607. The molecule has 0 radical (unpaired) electrons. The summed E-state index contributed by atoms with van der Waals surface area (Å²) in [7, 11) is 0. The van der Waals surface area contributed by atoms with Crippen molar-refractivity contribution < 1.29 is 0 Å². The maximum absolute atomic E-state index is 5.17. The van der Waals surface area contributed by atoms with Crippen molar-refractivity contribution in [1.29, 1.82) is 0 Å². The lowest BCUT2D eigenvalue weighted by Gasteiger charge is -1.85. The lowest BCUT2D eigenvalue weighted by molar-refractivity contribution is 1.02. The van der Waals surface area contributed by atoms with Crippen LogP contribution in [0.3, 0.4) is 0 Å². The molecule has 0 saturated carbocycles. The molecule has 0 aliphatic carbocycles. The third kappa shape index (κ3) is 2.15. The van der Waals surface area contributed by atoms with Gasteiger partial charge in [-0.05, 0) is 11.4 Å². The van der Waals surface area contributed by atoms with Crippen LogP contribution in [0.4, 0.5) is 0 Å². The van der Waals surface area contributed by atoms with E-state index in [1.807, 2.05) is 17.5 Å². The monoisotopic (exact) mass is 238 g/mol. The minimum atomic E-state index is 0.652. The minimum absolute atomic E-state index is 0.652. The van der Waals surface area contributed by atoms with Crippen LogP contribution < -0.4 is 0 Å². The first kappa shape index (κ1) is 9.71. The van der Waals surface area contributed by atoms with Crippen molar-refractivity contribution in [2.24, 2.45) is 0 Å². The SMILES string of the molecule is C#CCSc1nnc(-c2cccs2)s1. The molecule has 0 aliphatic rings. The molecule has 0 fully saturated rings. The van der Waals surface area contributed by atoms with Gasteiger partial charge in [0.25, 0.3) is 0 Å². The first-order valence-electron chi connectivity index (χ1n) is 3.84. The van der Waals surface area contributed by atoms with Gasteiger partial charge < -0.3 is 0 Å². The topological polar surface area (TPSA) is 25.8 Å². The Balaban J connectivity index is 2.15. The van der Waals surface area contributed by atoms with Crippen LogP contribution in [0.1, 0.15) is 0 Å². The molecule has 2 nitrogen and oxygen atoms in total. The van der Waals surface area contributed by atoms with Crippen molar-refractivity contribution in [3.63, 3.8) is 0 Å². The predicted molar refractivity (Wildman–Crippen MR) is 62.8 cm³/mol. The molecule has 70 valence electrons. The molecule has 2 aromatic heterocycles. The number of hydrogen-bond acceptors (Lipinski definition) is 5. The van der Waals surface area contributed by atoms with Crippen LogP contribution in [0.5, 0.6) is 0 Å². The van der Waals surface area contributed by atoms with E-state index in [0.717, 1.165) is 14.2 Å². The predicted octanol–water partition coefficient (Wildman–Crippen LogP) is 2.99. The van der Waals surface area contributed by atoms with Gasteiger partial charge in [0.1, 0.15) is 0 Å². The average Bonchev–Trinajstić information content (AvgIpc) is 2.85. The Hall–Kier alpha value is -0.830. The molecule has 0 aromatic carbocycles. The summed E-state index contributed by atoms with van der Waals surface area (Å²) in [5.74, 6) is 3.22. The van der Waals surface area contributed by atoms with Crippen LogP contribution in [0, 0.1) is 12.3 Å². The first-order valence-corrected chi connectivity index (χ1v) is 6.52. The van der Waals surface area contributed by atoms with Crippen molar-refractivity contribution in [3.8, 4) is 22.2 Å². The third-order valence-electron chi connectivity index (χ3n) is 1.42. The lowest BCUT2D eigenvalue weighted by atomic mass is 10.5. The fraction of sp³-hybridized carbons (Fsp3) is 0.111. The highest BCUT2D eigenvalue weighted by Crippen LogP contribution is 2.31. The van der Waals surface area contributed by atoms with E-state index in [1.54, 1.807) is 34.4 Å². The molecule has 14 heavy (non-hydrogen) atoms. The number of rotatable bonds is 3. The van der Waals surface area contributed by atoms with Crippen LogP contribution in [-0.4, -0.2) is 16.0 Å². The number of nitrogens with zero attached hydrogens (tertiary/aromatic N) is 2. The summed E-state index contributed by atoms with van der Waals surface area (Å²) in [6, 6.07) is 4.05. The maximum Gasteiger partial charge on any atom is 0.175 e. The number of terminal acetylenes is 1. The molecule has 0 atom stereocenters. The molecular weight excluding hydrogens is 232 g/mol. The summed E-state index contributed by atoms with van der Waals surface area (Å²) in [5.41, 5.74) is 0. The van der Waals surface area contributed by atoms with Gasteiger partial charge in [0.15, 0.2) is 9.35 Å². The standard InChI is InChI=1S/C9H6N2S3/c1-2-5-13-9-11-10-8(14-9)7-4-3-6-12-7/h1,3-4,6H,5H2. The molecule has 0 N–H and O–H groups in total. The van der Waals surface area contributed by atoms with Crippen molar-refractivity contribution in [2.75, 3.05) is 5.75 Å². The summed E-state index contributed by atoms with van der Waals surface area (Å²) < 4.78 is 0.936. The highest BCUT2D eigenvalue weighted by molar-refractivity contribution is 8.01. The molecule has 2 aromatic rings. The Labute approximate surface area is 94.4 Å². The van der Waals surface area contributed by atoms with E-state index in [0.29, 0.717) is 5.75 Å². The van der Waals surface area contributed by atoms with Gasteiger partial charge >= 0.3 is 0 Å². The van der Waals surface area contributed by atoms with Crippen LogP contribution in [0.15, 0.2) is 21.9 Å². The Kier molecular flexibility index (Phi) is 3.19. The number of hydrogen-bond donors (Lipinski definition) is 0. The normalized spacial score (nSPS) is 9.93. The lowest BCUT2D eigenvalue weighted by Crippen LogP contribution is -1.72. The molecule has 0 unspecified atom stereocenters. The van der Waals surface area contributed by atoms with Gasteiger partial charge in [-0.2, -0.15) is 0 Å². The van der Waals surface area contributed by atoms with Gasteiger partial charge in [0, 0.05) is 0 Å². The zero-order valence-corrected chi connectivity index (χ0v) is 9.59. The Morgan fingerprint density at radius 3 is 3.14 bits per heavy atom. The average molecular weight is 238 g/mol. The second-order valence-electron chi connectivity index (χ2n) is 2.34. The van der Waals surface area contributed by atoms with E-state index in [4.69, 9.17) is 6.42 Å². The summed E-state index contributed by atoms with van der Waals surface area (Å²) in [6.07, 6.45) is 5.17. The van der Waals surface area contributed by atoms with E-state index in [-0.39, 0.29) is 0 Å². The van der Waals surface area contributed by atoms with Crippen LogP contribution in [-0.2, 0) is 0 Å². The highest BCUT2D eigenvalue weighted by atomic mass is 32.2. The Morgan fingerprint density at radius 2 is 2.43 bits per heavy atom.